The first-order chi connectivity index (χ1) is 10.4. The zero-order valence-electron chi connectivity index (χ0n) is 13.2. The van der Waals surface area contributed by atoms with Crippen molar-refractivity contribution >= 4 is 15.7 Å². The average Bonchev–Trinajstić information content (AvgIpc) is 2.92. The minimum absolute atomic E-state index is 0.235. The molecule has 0 bridgehead atoms. The quantitative estimate of drug-likeness (QED) is 0.874. The van der Waals surface area contributed by atoms with Gasteiger partial charge in [-0.2, -0.15) is 13.5 Å². The van der Waals surface area contributed by atoms with Gasteiger partial charge >= 0.3 is 0 Å². The lowest BCUT2D eigenvalue weighted by Gasteiger charge is -2.33. The van der Waals surface area contributed by atoms with E-state index in [9.17, 15) is 8.42 Å². The second-order valence-corrected chi connectivity index (χ2v) is 7.79. The van der Waals surface area contributed by atoms with Crippen LogP contribution in [0.15, 0.2) is 35.5 Å². The largest absolute Gasteiger partial charge is 0.281 e. The summed E-state index contributed by atoms with van der Waals surface area (Å²) in [6.45, 7) is 4.71. The van der Waals surface area contributed by atoms with Crippen LogP contribution in [0.2, 0.25) is 0 Å². The van der Waals surface area contributed by atoms with Crippen LogP contribution in [0.25, 0.3) is 0 Å². The molecule has 0 amide bonds. The van der Waals surface area contributed by atoms with Crippen molar-refractivity contribution in [3.63, 3.8) is 0 Å². The standard InChI is InChI=1S/C16H21N3O2S/c1-12(2)14-8-4-6-13-7-5-11-19(16(13)14)22(20,21)15-9-10-17-18(15)3/h4,6,8-10,12H,5,7,11H2,1-3H3. The summed E-state index contributed by atoms with van der Waals surface area (Å²) < 4.78 is 29.1. The number of hydrogen-bond acceptors (Lipinski definition) is 3. The topological polar surface area (TPSA) is 55.2 Å². The van der Waals surface area contributed by atoms with E-state index >= 15 is 0 Å². The Labute approximate surface area is 131 Å². The van der Waals surface area contributed by atoms with Crippen molar-refractivity contribution in [1.29, 1.82) is 0 Å². The predicted molar refractivity (Wildman–Crippen MR) is 86.6 cm³/mol. The molecule has 3 rings (SSSR count). The molecule has 2 aromatic rings. The first-order valence-corrected chi connectivity index (χ1v) is 8.99. The molecule has 2 heterocycles. The van der Waals surface area contributed by atoms with Crippen LogP contribution in [0, 0.1) is 0 Å². The van der Waals surface area contributed by atoms with E-state index in [0.717, 1.165) is 29.7 Å². The minimum atomic E-state index is -3.58. The van der Waals surface area contributed by atoms with Crippen molar-refractivity contribution in [3.8, 4) is 0 Å². The Morgan fingerprint density at radius 1 is 1.23 bits per heavy atom. The van der Waals surface area contributed by atoms with Crippen molar-refractivity contribution in [3.05, 3.63) is 41.6 Å². The number of hydrogen-bond donors (Lipinski definition) is 0. The summed E-state index contributed by atoms with van der Waals surface area (Å²) in [4.78, 5) is 0. The van der Waals surface area contributed by atoms with Gasteiger partial charge in [0.2, 0.25) is 0 Å². The fourth-order valence-corrected chi connectivity index (χ4v) is 4.75. The Morgan fingerprint density at radius 2 is 2.00 bits per heavy atom. The Balaban J connectivity index is 2.19. The third-order valence-corrected chi connectivity index (χ3v) is 6.03. The highest BCUT2D eigenvalue weighted by Gasteiger charge is 2.33. The summed E-state index contributed by atoms with van der Waals surface area (Å²) in [5, 5.41) is 4.24. The number of para-hydroxylation sites is 1. The molecular weight excluding hydrogens is 298 g/mol. The molecule has 0 saturated heterocycles. The number of rotatable bonds is 3. The molecule has 1 aliphatic rings. The van der Waals surface area contributed by atoms with E-state index in [2.05, 4.69) is 18.9 Å². The fraction of sp³-hybridized carbons (Fsp3) is 0.438. The summed E-state index contributed by atoms with van der Waals surface area (Å²) in [7, 11) is -1.93. The monoisotopic (exact) mass is 319 g/mol. The molecule has 22 heavy (non-hydrogen) atoms. The molecule has 1 aromatic carbocycles. The van der Waals surface area contributed by atoms with Crippen LogP contribution in [-0.4, -0.2) is 24.7 Å². The molecule has 1 aliphatic heterocycles. The maximum atomic E-state index is 13.1. The normalized spacial score (nSPS) is 15.2. The number of sulfonamides is 1. The number of fused-ring (bicyclic) bond motifs is 1. The van der Waals surface area contributed by atoms with Crippen molar-refractivity contribution in [2.75, 3.05) is 10.8 Å². The smallest absolute Gasteiger partial charge is 0.264 e. The van der Waals surface area contributed by atoms with Crippen molar-refractivity contribution in [2.24, 2.45) is 7.05 Å². The zero-order chi connectivity index (χ0) is 15.9. The molecule has 0 saturated carbocycles. The van der Waals surface area contributed by atoms with E-state index in [0.29, 0.717) is 6.54 Å². The zero-order valence-corrected chi connectivity index (χ0v) is 14.0. The summed E-state index contributed by atoms with van der Waals surface area (Å²) in [6, 6.07) is 7.64. The van der Waals surface area contributed by atoms with E-state index in [1.54, 1.807) is 17.4 Å². The minimum Gasteiger partial charge on any atom is -0.264 e. The van der Waals surface area contributed by atoms with Crippen LogP contribution in [-0.2, 0) is 23.5 Å². The average molecular weight is 319 g/mol. The SMILES string of the molecule is CC(C)c1cccc2c1N(S(=O)(=O)c1ccnn1C)CCC2. The molecule has 0 aliphatic carbocycles. The van der Waals surface area contributed by atoms with E-state index < -0.39 is 10.0 Å². The van der Waals surface area contributed by atoms with Gasteiger partial charge in [0.15, 0.2) is 5.03 Å². The maximum absolute atomic E-state index is 13.1. The predicted octanol–water partition coefficient (Wildman–Crippen LogP) is 2.69. The molecule has 0 unspecified atom stereocenters. The molecule has 118 valence electrons. The fourth-order valence-electron chi connectivity index (χ4n) is 3.08. The van der Waals surface area contributed by atoms with Crippen LogP contribution in [0.5, 0.6) is 0 Å². The first kappa shape index (κ1) is 15.1. The van der Waals surface area contributed by atoms with Gasteiger partial charge in [-0.25, -0.2) is 0 Å². The Bertz CT molecular complexity index is 793. The van der Waals surface area contributed by atoms with Gasteiger partial charge in [-0.1, -0.05) is 32.0 Å². The second kappa shape index (κ2) is 5.43. The van der Waals surface area contributed by atoms with Gasteiger partial charge in [-0.3, -0.25) is 8.99 Å². The van der Waals surface area contributed by atoms with Crippen molar-refractivity contribution < 1.29 is 8.42 Å². The number of aryl methyl sites for hydroxylation is 2. The molecule has 0 radical (unpaired) electrons. The third-order valence-electron chi connectivity index (χ3n) is 4.16. The second-order valence-electron chi connectivity index (χ2n) is 5.98. The summed E-state index contributed by atoms with van der Waals surface area (Å²) in [5.74, 6) is 0.275. The van der Waals surface area contributed by atoms with Gasteiger partial charge < -0.3 is 0 Å². The third kappa shape index (κ3) is 2.31. The Morgan fingerprint density at radius 3 is 2.64 bits per heavy atom. The summed E-state index contributed by atoms with van der Waals surface area (Å²) in [6.07, 6.45) is 3.28. The van der Waals surface area contributed by atoms with E-state index in [1.807, 2.05) is 18.2 Å². The van der Waals surface area contributed by atoms with Crippen LogP contribution in [0.3, 0.4) is 0 Å². The van der Waals surface area contributed by atoms with Crippen LogP contribution in [0.1, 0.15) is 37.3 Å². The maximum Gasteiger partial charge on any atom is 0.281 e. The molecule has 6 heteroatoms. The highest BCUT2D eigenvalue weighted by molar-refractivity contribution is 7.92. The van der Waals surface area contributed by atoms with Gasteiger partial charge in [-0.15, -0.1) is 0 Å². The lowest BCUT2D eigenvalue weighted by molar-refractivity contribution is 0.568. The van der Waals surface area contributed by atoms with Crippen molar-refractivity contribution in [1.82, 2.24) is 9.78 Å². The highest BCUT2D eigenvalue weighted by atomic mass is 32.2. The van der Waals surface area contributed by atoms with E-state index in [-0.39, 0.29) is 10.9 Å². The molecule has 0 fully saturated rings. The summed E-state index contributed by atoms with van der Waals surface area (Å²) in [5.41, 5.74) is 3.07. The Hall–Kier alpha value is -1.82. The lowest BCUT2D eigenvalue weighted by Crippen LogP contribution is -2.37. The van der Waals surface area contributed by atoms with Gasteiger partial charge in [0.25, 0.3) is 10.0 Å². The Kier molecular flexibility index (Phi) is 3.72. The van der Waals surface area contributed by atoms with Crippen LogP contribution in [0.4, 0.5) is 5.69 Å². The van der Waals surface area contributed by atoms with Gasteiger partial charge in [0.1, 0.15) is 0 Å². The molecule has 1 aromatic heterocycles. The molecule has 0 N–H and O–H groups in total. The van der Waals surface area contributed by atoms with Gasteiger partial charge in [0, 0.05) is 13.6 Å². The van der Waals surface area contributed by atoms with Gasteiger partial charge in [-0.05, 0) is 36.0 Å². The first-order valence-electron chi connectivity index (χ1n) is 7.55. The molecule has 5 nitrogen and oxygen atoms in total. The highest BCUT2D eigenvalue weighted by Crippen LogP contribution is 2.37. The number of aromatic nitrogens is 2. The number of nitrogens with zero attached hydrogens (tertiary/aromatic N) is 3. The molecule has 0 spiro atoms. The number of benzene rings is 1. The van der Waals surface area contributed by atoms with Crippen molar-refractivity contribution in [2.45, 2.75) is 37.6 Å². The molecular formula is C16H21N3O2S. The number of anilines is 1. The summed E-state index contributed by atoms with van der Waals surface area (Å²) >= 11 is 0. The van der Waals surface area contributed by atoms with E-state index in [1.165, 1.54) is 10.9 Å². The van der Waals surface area contributed by atoms with Crippen LogP contribution < -0.4 is 4.31 Å². The lowest BCUT2D eigenvalue weighted by atomic mass is 9.93. The van der Waals surface area contributed by atoms with Crippen LogP contribution >= 0.6 is 0 Å². The molecule has 0 atom stereocenters. The van der Waals surface area contributed by atoms with Gasteiger partial charge in [0.05, 0.1) is 11.9 Å². The van der Waals surface area contributed by atoms with E-state index in [4.69, 9.17) is 0 Å².